The Kier molecular flexibility index (Phi) is 3.87. The molecule has 5 nitrogen and oxygen atoms in total. The topological polar surface area (TPSA) is 62.3 Å². The highest BCUT2D eigenvalue weighted by atomic mass is 32.2. The van der Waals surface area contributed by atoms with E-state index in [1.165, 1.54) is 0 Å². The number of nitrogens with one attached hydrogen (secondary N) is 1. The predicted octanol–water partition coefficient (Wildman–Crippen LogP) is 0.424. The van der Waals surface area contributed by atoms with Gasteiger partial charge in [-0.1, -0.05) is 6.07 Å². The van der Waals surface area contributed by atoms with E-state index >= 15 is 0 Å². The van der Waals surface area contributed by atoms with Crippen molar-refractivity contribution in [2.24, 2.45) is 0 Å². The van der Waals surface area contributed by atoms with Crippen LogP contribution in [0.25, 0.3) is 0 Å². The Morgan fingerprint density at radius 1 is 1.56 bits per heavy atom. The molecule has 1 aliphatic rings. The number of hydrogen-bond acceptors (Lipinski definition) is 5. The highest BCUT2D eigenvalue weighted by molar-refractivity contribution is 7.91. The van der Waals surface area contributed by atoms with Crippen LogP contribution in [0.3, 0.4) is 0 Å². The lowest BCUT2D eigenvalue weighted by Gasteiger charge is -2.26. The predicted molar refractivity (Wildman–Crippen MR) is 72.5 cm³/mol. The van der Waals surface area contributed by atoms with Gasteiger partial charge in [-0.15, -0.1) is 0 Å². The molecule has 1 aromatic rings. The van der Waals surface area contributed by atoms with Crippen LogP contribution in [0.4, 0.5) is 5.82 Å². The van der Waals surface area contributed by atoms with Gasteiger partial charge in [-0.05, 0) is 19.5 Å². The molecule has 2 heterocycles. The van der Waals surface area contributed by atoms with Crippen molar-refractivity contribution in [1.29, 1.82) is 0 Å². The highest BCUT2D eigenvalue weighted by Gasteiger charge is 2.31. The van der Waals surface area contributed by atoms with Crippen molar-refractivity contribution < 1.29 is 8.42 Å². The van der Waals surface area contributed by atoms with Crippen molar-refractivity contribution in [2.75, 3.05) is 30.5 Å². The van der Waals surface area contributed by atoms with Crippen LogP contribution < -0.4 is 10.2 Å². The molecule has 0 bridgehead atoms. The van der Waals surface area contributed by atoms with Crippen LogP contribution in [0.5, 0.6) is 0 Å². The minimum absolute atomic E-state index is 0.0421. The van der Waals surface area contributed by atoms with E-state index in [1.54, 1.807) is 6.20 Å². The Balaban J connectivity index is 2.21. The third-order valence-corrected chi connectivity index (χ3v) is 5.08. The molecule has 1 fully saturated rings. The number of sulfone groups is 1. The zero-order chi connectivity index (χ0) is 13.2. The van der Waals surface area contributed by atoms with Crippen LogP contribution >= 0.6 is 0 Å². The van der Waals surface area contributed by atoms with Crippen LogP contribution in [0, 0.1) is 0 Å². The smallest absolute Gasteiger partial charge is 0.152 e. The Labute approximate surface area is 108 Å². The Hall–Kier alpha value is -1.14. The number of pyridine rings is 1. The van der Waals surface area contributed by atoms with Gasteiger partial charge < -0.3 is 10.2 Å². The largest absolute Gasteiger partial charge is 0.355 e. The van der Waals surface area contributed by atoms with Gasteiger partial charge in [0.2, 0.25) is 0 Å². The van der Waals surface area contributed by atoms with E-state index in [0.29, 0.717) is 6.42 Å². The van der Waals surface area contributed by atoms with E-state index < -0.39 is 9.84 Å². The molecule has 0 radical (unpaired) electrons. The summed E-state index contributed by atoms with van der Waals surface area (Å²) >= 11 is 0. The minimum Gasteiger partial charge on any atom is -0.355 e. The number of hydrogen-bond donors (Lipinski definition) is 1. The summed E-state index contributed by atoms with van der Waals surface area (Å²) in [5, 5.41) is 3.10. The van der Waals surface area contributed by atoms with Crippen molar-refractivity contribution in [3.63, 3.8) is 0 Å². The van der Waals surface area contributed by atoms with Crippen molar-refractivity contribution in [3.8, 4) is 0 Å². The summed E-state index contributed by atoms with van der Waals surface area (Å²) in [6.45, 7) is 0.729. The maximum atomic E-state index is 11.5. The van der Waals surface area contributed by atoms with E-state index in [0.717, 1.165) is 17.9 Å². The normalized spacial score (nSPS) is 22.0. The van der Waals surface area contributed by atoms with Crippen LogP contribution in [0.15, 0.2) is 18.3 Å². The first-order chi connectivity index (χ1) is 8.53. The van der Waals surface area contributed by atoms with Gasteiger partial charge in [0.25, 0.3) is 0 Å². The van der Waals surface area contributed by atoms with E-state index in [9.17, 15) is 8.42 Å². The van der Waals surface area contributed by atoms with Crippen LogP contribution in [-0.2, 0) is 16.4 Å². The van der Waals surface area contributed by atoms with Crippen molar-refractivity contribution >= 4 is 15.7 Å². The highest BCUT2D eigenvalue weighted by Crippen LogP contribution is 2.23. The van der Waals surface area contributed by atoms with Crippen LogP contribution in [0.2, 0.25) is 0 Å². The molecule has 2 rings (SSSR count). The summed E-state index contributed by atoms with van der Waals surface area (Å²) in [5.74, 6) is 1.39. The Morgan fingerprint density at radius 2 is 2.33 bits per heavy atom. The zero-order valence-electron chi connectivity index (χ0n) is 10.8. The fourth-order valence-electron chi connectivity index (χ4n) is 2.33. The first-order valence-electron chi connectivity index (χ1n) is 6.05. The van der Waals surface area contributed by atoms with Gasteiger partial charge in [0.05, 0.1) is 11.5 Å². The summed E-state index contributed by atoms with van der Waals surface area (Å²) in [6.07, 6.45) is 2.43. The van der Waals surface area contributed by atoms with E-state index in [2.05, 4.69) is 10.3 Å². The molecule has 0 saturated carbocycles. The standard InChI is InChI=1S/C12H19N3O2S/c1-13-8-10-4-3-6-14-12(10)15(2)11-5-7-18(16,17)9-11/h3-4,6,11,13H,5,7-9H2,1-2H3. The van der Waals surface area contributed by atoms with Crippen LogP contribution in [-0.4, -0.2) is 45.0 Å². The first kappa shape index (κ1) is 13.3. The van der Waals surface area contributed by atoms with Gasteiger partial charge in [-0.25, -0.2) is 13.4 Å². The van der Waals surface area contributed by atoms with Crippen molar-refractivity contribution in [3.05, 3.63) is 23.9 Å². The summed E-state index contributed by atoms with van der Waals surface area (Å²) in [5.41, 5.74) is 1.09. The molecule has 1 saturated heterocycles. The lowest BCUT2D eigenvalue weighted by Crippen LogP contribution is -2.34. The monoisotopic (exact) mass is 269 g/mol. The second-order valence-electron chi connectivity index (χ2n) is 4.68. The summed E-state index contributed by atoms with van der Waals surface area (Å²) < 4.78 is 23.1. The molecular formula is C12H19N3O2S. The van der Waals surface area contributed by atoms with E-state index in [4.69, 9.17) is 0 Å². The molecular weight excluding hydrogens is 250 g/mol. The summed E-state index contributed by atoms with van der Waals surface area (Å²) in [6, 6.07) is 3.95. The number of anilines is 1. The average molecular weight is 269 g/mol. The molecule has 0 aliphatic carbocycles. The number of rotatable bonds is 4. The van der Waals surface area contributed by atoms with E-state index in [1.807, 2.05) is 31.1 Å². The molecule has 1 unspecified atom stereocenters. The van der Waals surface area contributed by atoms with Crippen molar-refractivity contribution in [1.82, 2.24) is 10.3 Å². The lowest BCUT2D eigenvalue weighted by molar-refractivity contribution is 0.600. The maximum absolute atomic E-state index is 11.5. The minimum atomic E-state index is -2.86. The molecule has 1 atom stereocenters. The number of aromatic nitrogens is 1. The fraction of sp³-hybridized carbons (Fsp3) is 0.583. The number of nitrogens with zero attached hydrogens (tertiary/aromatic N) is 2. The second kappa shape index (κ2) is 5.24. The first-order valence-corrected chi connectivity index (χ1v) is 7.87. The molecule has 1 aromatic heterocycles. The van der Waals surface area contributed by atoms with Gasteiger partial charge in [0.1, 0.15) is 5.82 Å². The SMILES string of the molecule is CNCc1cccnc1N(C)C1CCS(=O)(=O)C1. The molecule has 100 valence electrons. The molecule has 0 aromatic carbocycles. The third-order valence-electron chi connectivity index (χ3n) is 3.32. The average Bonchev–Trinajstić information content (AvgIpc) is 2.70. The second-order valence-corrected chi connectivity index (χ2v) is 6.91. The van der Waals surface area contributed by atoms with Gasteiger partial charge in [-0.3, -0.25) is 0 Å². The van der Waals surface area contributed by atoms with Crippen molar-refractivity contribution in [2.45, 2.75) is 19.0 Å². The Morgan fingerprint density at radius 3 is 2.94 bits per heavy atom. The molecule has 18 heavy (non-hydrogen) atoms. The summed E-state index contributed by atoms with van der Waals surface area (Å²) in [7, 11) is 0.951. The quantitative estimate of drug-likeness (QED) is 0.858. The lowest BCUT2D eigenvalue weighted by atomic mass is 10.2. The molecule has 0 spiro atoms. The molecule has 0 amide bonds. The van der Waals surface area contributed by atoms with Crippen LogP contribution in [0.1, 0.15) is 12.0 Å². The fourth-order valence-corrected chi connectivity index (χ4v) is 4.10. The van der Waals surface area contributed by atoms with E-state index in [-0.39, 0.29) is 17.5 Å². The maximum Gasteiger partial charge on any atom is 0.152 e. The Bertz CT molecular complexity index is 516. The van der Waals surface area contributed by atoms with Gasteiger partial charge >= 0.3 is 0 Å². The zero-order valence-corrected chi connectivity index (χ0v) is 11.6. The van der Waals surface area contributed by atoms with Gasteiger partial charge in [-0.2, -0.15) is 0 Å². The summed E-state index contributed by atoms with van der Waals surface area (Å²) in [4.78, 5) is 6.38. The molecule has 1 N–H and O–H groups in total. The molecule has 1 aliphatic heterocycles. The van der Waals surface area contributed by atoms with Gasteiger partial charge in [0.15, 0.2) is 9.84 Å². The van der Waals surface area contributed by atoms with Gasteiger partial charge in [0, 0.05) is 31.4 Å². The third kappa shape index (κ3) is 2.81. The molecule has 6 heteroatoms.